The molecule has 0 saturated heterocycles. The zero-order valence-electron chi connectivity index (χ0n) is 20.4. The van der Waals surface area contributed by atoms with Crippen molar-refractivity contribution in [2.24, 2.45) is 38.6 Å². The molecule has 1 aromatic heterocycles. The first-order valence-corrected chi connectivity index (χ1v) is 12.5. The summed E-state index contributed by atoms with van der Waals surface area (Å²) in [5.41, 5.74) is 4.54. The van der Waals surface area contributed by atoms with E-state index in [0.717, 1.165) is 50.7 Å². The Hall–Kier alpha value is -2.24. The maximum Gasteiger partial charge on any atom is 0.311 e. The number of esters is 1. The van der Waals surface area contributed by atoms with Crippen LogP contribution in [-0.4, -0.2) is 29.7 Å². The molecule has 1 heterocycles. The number of fused-ring (bicyclic) bond motifs is 3. The zero-order valence-corrected chi connectivity index (χ0v) is 20.4. The van der Waals surface area contributed by atoms with Gasteiger partial charge in [0.2, 0.25) is 0 Å². The second-order valence-corrected chi connectivity index (χ2v) is 12.0. The van der Waals surface area contributed by atoms with Crippen LogP contribution in [0.2, 0.25) is 0 Å². The highest BCUT2D eigenvalue weighted by atomic mass is 16.5. The third-order valence-electron chi connectivity index (χ3n) is 10.3. The van der Waals surface area contributed by atoms with Crippen molar-refractivity contribution in [3.8, 4) is 0 Å². The van der Waals surface area contributed by atoms with Gasteiger partial charge in [-0.05, 0) is 93.1 Å². The molecule has 4 fully saturated rings. The lowest BCUT2D eigenvalue weighted by Crippen LogP contribution is -2.58. The van der Waals surface area contributed by atoms with Gasteiger partial charge in [-0.1, -0.05) is 20.3 Å². The molecule has 0 aliphatic heterocycles. The van der Waals surface area contributed by atoms with E-state index in [-0.39, 0.29) is 33.5 Å². The van der Waals surface area contributed by atoms with Gasteiger partial charge in [0, 0.05) is 23.5 Å². The summed E-state index contributed by atoms with van der Waals surface area (Å²) < 4.78 is 5.30. The van der Waals surface area contributed by atoms with E-state index in [2.05, 4.69) is 31.2 Å². The molecule has 1 spiro atoms. The highest BCUT2D eigenvalue weighted by Crippen LogP contribution is 2.73. The lowest BCUT2D eigenvalue weighted by atomic mass is 9.40. The Labute approximate surface area is 197 Å². The van der Waals surface area contributed by atoms with Crippen LogP contribution < -0.4 is 5.43 Å². The Bertz CT molecular complexity index is 994. The van der Waals surface area contributed by atoms with E-state index in [1.165, 1.54) is 20.0 Å². The van der Waals surface area contributed by atoms with Crippen molar-refractivity contribution in [1.29, 1.82) is 0 Å². The number of hydrogen-bond acceptors (Lipinski definition) is 5. The van der Waals surface area contributed by atoms with Crippen LogP contribution in [0.15, 0.2) is 29.6 Å². The highest BCUT2D eigenvalue weighted by molar-refractivity contribution is 5.97. The van der Waals surface area contributed by atoms with Gasteiger partial charge in [-0.3, -0.25) is 14.6 Å². The number of pyridine rings is 1. The molecule has 4 saturated carbocycles. The Morgan fingerprint density at radius 1 is 1.12 bits per heavy atom. The van der Waals surface area contributed by atoms with E-state index in [0.29, 0.717) is 17.4 Å². The van der Waals surface area contributed by atoms with Gasteiger partial charge >= 0.3 is 5.97 Å². The molecule has 6 nitrogen and oxygen atoms in total. The first kappa shape index (κ1) is 22.5. The predicted octanol–water partition coefficient (Wildman–Crippen LogP) is 5.14. The van der Waals surface area contributed by atoms with E-state index in [1.807, 2.05) is 0 Å². The molecule has 5 rings (SSSR count). The van der Waals surface area contributed by atoms with Gasteiger partial charge in [0.1, 0.15) is 0 Å². The lowest BCUT2D eigenvalue weighted by Gasteiger charge is -2.64. The van der Waals surface area contributed by atoms with Gasteiger partial charge in [-0.2, -0.15) is 5.10 Å². The molecule has 0 aromatic carbocycles. The summed E-state index contributed by atoms with van der Waals surface area (Å²) in [4.78, 5) is 29.5. The summed E-state index contributed by atoms with van der Waals surface area (Å²) in [6, 6.07) is 3.52. The van der Waals surface area contributed by atoms with Crippen LogP contribution in [0, 0.1) is 33.5 Å². The minimum Gasteiger partial charge on any atom is -0.469 e. The largest absolute Gasteiger partial charge is 0.469 e. The summed E-state index contributed by atoms with van der Waals surface area (Å²) in [7, 11) is 1.54. The number of hydrogen-bond donors (Lipinski definition) is 1. The molecule has 2 bridgehead atoms. The maximum atomic E-state index is 12.9. The third-order valence-corrected chi connectivity index (χ3v) is 10.3. The summed E-state index contributed by atoms with van der Waals surface area (Å²) in [6.45, 7) is 6.95. The fraction of sp³-hybridized carbons (Fsp3) is 0.704. The van der Waals surface area contributed by atoms with Crippen LogP contribution in [0.3, 0.4) is 0 Å². The van der Waals surface area contributed by atoms with Gasteiger partial charge in [0.05, 0.1) is 18.1 Å². The van der Waals surface area contributed by atoms with Crippen molar-refractivity contribution in [3.63, 3.8) is 0 Å². The monoisotopic (exact) mass is 451 g/mol. The predicted molar refractivity (Wildman–Crippen MR) is 126 cm³/mol. The Kier molecular flexibility index (Phi) is 5.22. The number of carbonyl (C=O) groups excluding carboxylic acids is 2. The number of ether oxygens (including phenoxy) is 1. The number of rotatable bonds is 3. The number of amides is 1. The van der Waals surface area contributed by atoms with Gasteiger partial charge in [-0.25, -0.2) is 5.43 Å². The van der Waals surface area contributed by atoms with Crippen LogP contribution in [-0.2, 0) is 9.53 Å². The van der Waals surface area contributed by atoms with Crippen LogP contribution in [0.1, 0.15) is 88.9 Å². The van der Waals surface area contributed by atoms with Crippen molar-refractivity contribution in [2.75, 3.05) is 7.11 Å². The molecule has 1 amide bonds. The van der Waals surface area contributed by atoms with E-state index in [4.69, 9.17) is 9.84 Å². The van der Waals surface area contributed by atoms with Crippen molar-refractivity contribution >= 4 is 17.6 Å². The molecular formula is C27H37N3O3. The molecular weight excluding hydrogens is 414 g/mol. The number of hydrazone groups is 1. The zero-order chi connectivity index (χ0) is 23.5. The minimum absolute atomic E-state index is 0.0261. The topological polar surface area (TPSA) is 80.6 Å². The summed E-state index contributed by atoms with van der Waals surface area (Å²) in [5, 5.41) is 4.71. The summed E-state index contributed by atoms with van der Waals surface area (Å²) >= 11 is 0. The van der Waals surface area contributed by atoms with E-state index in [9.17, 15) is 9.59 Å². The second kappa shape index (κ2) is 7.64. The molecule has 33 heavy (non-hydrogen) atoms. The number of aromatic nitrogens is 1. The molecule has 178 valence electrons. The first-order valence-electron chi connectivity index (χ1n) is 12.5. The van der Waals surface area contributed by atoms with Gasteiger partial charge in [0.15, 0.2) is 0 Å². The fourth-order valence-corrected chi connectivity index (χ4v) is 8.86. The lowest BCUT2D eigenvalue weighted by molar-refractivity contribution is -0.185. The van der Waals surface area contributed by atoms with Gasteiger partial charge in [0.25, 0.3) is 5.91 Å². The standard InChI is InChI=1S/C27H37N3O3/c1-24-12-8-20-25(2)10-6-11-26(3,23(32)33-4)19(25)9-13-27(20,17-24)15-21(24)29-30-22(31)18-7-5-14-28-16-18/h5,7,14,16,19-20H,6,8-13,15,17H2,1-4H3,(H,30,31)/b29-21-/t19-,20-,24-,25+,26+,27-/m0/s1. The maximum absolute atomic E-state index is 12.9. The van der Waals surface area contributed by atoms with Crippen molar-refractivity contribution in [1.82, 2.24) is 10.4 Å². The average molecular weight is 452 g/mol. The molecule has 4 aliphatic carbocycles. The molecule has 6 atom stereocenters. The van der Waals surface area contributed by atoms with Crippen molar-refractivity contribution in [3.05, 3.63) is 30.1 Å². The molecule has 1 N–H and O–H groups in total. The normalized spacial score (nSPS) is 42.8. The van der Waals surface area contributed by atoms with E-state index in [1.54, 1.807) is 24.5 Å². The van der Waals surface area contributed by atoms with Crippen LogP contribution in [0.4, 0.5) is 0 Å². The van der Waals surface area contributed by atoms with Gasteiger partial charge < -0.3 is 4.74 Å². The minimum atomic E-state index is -0.378. The van der Waals surface area contributed by atoms with Crippen molar-refractivity contribution < 1.29 is 14.3 Å². The van der Waals surface area contributed by atoms with Crippen LogP contribution in [0.5, 0.6) is 0 Å². The third kappa shape index (κ3) is 3.27. The Balaban J connectivity index is 1.42. The summed E-state index contributed by atoms with van der Waals surface area (Å²) in [5.74, 6) is 0.730. The molecule has 0 radical (unpaired) electrons. The SMILES string of the molecule is COC(=O)[C@]1(C)CCC[C@@]2(C)[C@@H]3CC[C@@]4(C)C[C@]3(CC[C@@H]21)C/C4=N/NC(=O)c1cccnc1. The number of nitrogens with zero attached hydrogens (tertiary/aromatic N) is 2. The van der Waals surface area contributed by atoms with E-state index >= 15 is 0 Å². The Morgan fingerprint density at radius 3 is 2.64 bits per heavy atom. The van der Waals surface area contributed by atoms with E-state index < -0.39 is 0 Å². The number of nitrogens with one attached hydrogen (secondary N) is 1. The van der Waals surface area contributed by atoms with Gasteiger partial charge in [-0.15, -0.1) is 0 Å². The van der Waals surface area contributed by atoms with Crippen molar-refractivity contribution in [2.45, 2.75) is 78.6 Å². The second-order valence-electron chi connectivity index (χ2n) is 12.0. The van der Waals surface area contributed by atoms with Crippen LogP contribution >= 0.6 is 0 Å². The quantitative estimate of drug-likeness (QED) is 0.509. The molecule has 0 unspecified atom stereocenters. The molecule has 6 heteroatoms. The summed E-state index contributed by atoms with van der Waals surface area (Å²) in [6.07, 6.45) is 13.0. The molecule has 4 aliphatic rings. The average Bonchev–Trinajstić information content (AvgIpc) is 3.01. The Morgan fingerprint density at radius 2 is 1.91 bits per heavy atom. The smallest absolute Gasteiger partial charge is 0.311 e. The molecule has 1 aromatic rings. The first-order chi connectivity index (χ1) is 15.7. The highest BCUT2D eigenvalue weighted by Gasteiger charge is 2.67. The fourth-order valence-electron chi connectivity index (χ4n) is 8.86. The van der Waals surface area contributed by atoms with Crippen LogP contribution in [0.25, 0.3) is 0 Å². The number of carbonyl (C=O) groups is 2. The number of methoxy groups -OCH3 is 1.